The van der Waals surface area contributed by atoms with Crippen molar-refractivity contribution >= 4 is 11.7 Å². The molecule has 2 aromatic heterocycles. The molecule has 19 heavy (non-hydrogen) atoms. The minimum absolute atomic E-state index is 0.141. The zero-order chi connectivity index (χ0) is 13.8. The Bertz CT molecular complexity index is 576. The Morgan fingerprint density at radius 1 is 1.47 bits per heavy atom. The number of carbonyl (C=O) groups excluding carboxylic acids is 1. The molecule has 0 aromatic carbocycles. The summed E-state index contributed by atoms with van der Waals surface area (Å²) in [7, 11) is 0. The Morgan fingerprint density at radius 3 is 2.89 bits per heavy atom. The van der Waals surface area contributed by atoms with Crippen molar-refractivity contribution in [2.24, 2.45) is 0 Å². The van der Waals surface area contributed by atoms with Crippen molar-refractivity contribution in [1.29, 1.82) is 0 Å². The Balaban J connectivity index is 1.99. The number of carbonyl (C=O) groups is 1. The number of aromatic nitrogens is 4. The van der Waals surface area contributed by atoms with Crippen LogP contribution < -0.4 is 5.32 Å². The van der Waals surface area contributed by atoms with Crippen LogP contribution in [0, 0.1) is 6.92 Å². The van der Waals surface area contributed by atoms with Crippen LogP contribution in [0.2, 0.25) is 0 Å². The Morgan fingerprint density at radius 2 is 2.26 bits per heavy atom. The third-order valence-corrected chi connectivity index (χ3v) is 2.68. The van der Waals surface area contributed by atoms with Gasteiger partial charge in [0, 0.05) is 6.20 Å². The van der Waals surface area contributed by atoms with Gasteiger partial charge < -0.3 is 5.32 Å². The number of amides is 1. The summed E-state index contributed by atoms with van der Waals surface area (Å²) in [6, 6.07) is 3.96. The van der Waals surface area contributed by atoms with Crippen LogP contribution in [0.25, 0.3) is 0 Å². The minimum Gasteiger partial charge on any atom is -0.308 e. The molecule has 0 aliphatic carbocycles. The van der Waals surface area contributed by atoms with Gasteiger partial charge in [-0.05, 0) is 32.4 Å². The van der Waals surface area contributed by atoms with E-state index in [9.17, 15) is 4.79 Å². The molecule has 0 unspecified atom stereocenters. The first-order chi connectivity index (χ1) is 9.06. The van der Waals surface area contributed by atoms with Gasteiger partial charge in [0.2, 0.25) is 5.91 Å². The van der Waals surface area contributed by atoms with Crippen molar-refractivity contribution in [3.63, 3.8) is 0 Å². The maximum Gasteiger partial charge on any atom is 0.231 e. The van der Waals surface area contributed by atoms with Gasteiger partial charge in [-0.1, -0.05) is 6.07 Å². The van der Waals surface area contributed by atoms with E-state index in [1.165, 1.54) is 0 Å². The van der Waals surface area contributed by atoms with E-state index in [4.69, 9.17) is 0 Å². The summed E-state index contributed by atoms with van der Waals surface area (Å²) in [4.78, 5) is 17.6. The largest absolute Gasteiger partial charge is 0.308 e. The first-order valence-corrected chi connectivity index (χ1v) is 6.18. The van der Waals surface area contributed by atoms with Crippen molar-refractivity contribution in [3.05, 3.63) is 35.8 Å². The average molecular weight is 259 g/mol. The van der Waals surface area contributed by atoms with Crippen LogP contribution in [0.5, 0.6) is 0 Å². The van der Waals surface area contributed by atoms with Crippen molar-refractivity contribution in [1.82, 2.24) is 20.0 Å². The standard InChI is InChI=1S/C13H17N5O/c1-9(2)18-15-8-12(17-18)16-13(19)7-11-10(3)5-4-6-14-11/h4-6,8-9H,7H2,1-3H3,(H,16,17,19). The lowest BCUT2D eigenvalue weighted by Gasteiger charge is -2.04. The normalized spacial score (nSPS) is 10.7. The molecule has 0 bridgehead atoms. The molecule has 0 aliphatic rings. The molecule has 2 aromatic rings. The molecule has 0 atom stereocenters. The van der Waals surface area contributed by atoms with E-state index >= 15 is 0 Å². The second-order valence-electron chi connectivity index (χ2n) is 4.64. The number of nitrogens with one attached hydrogen (secondary N) is 1. The summed E-state index contributed by atoms with van der Waals surface area (Å²) >= 11 is 0. The molecular weight excluding hydrogens is 242 g/mol. The smallest absolute Gasteiger partial charge is 0.231 e. The van der Waals surface area contributed by atoms with Gasteiger partial charge in [0.15, 0.2) is 5.82 Å². The number of nitrogens with zero attached hydrogens (tertiary/aromatic N) is 4. The van der Waals surface area contributed by atoms with Gasteiger partial charge in [-0.15, -0.1) is 5.10 Å². The molecule has 0 saturated heterocycles. The summed E-state index contributed by atoms with van der Waals surface area (Å²) in [5.74, 6) is 0.324. The second-order valence-corrected chi connectivity index (χ2v) is 4.64. The van der Waals surface area contributed by atoms with Crippen LogP contribution in [0.1, 0.15) is 31.1 Å². The molecule has 1 amide bonds. The zero-order valence-electron chi connectivity index (χ0n) is 11.3. The first kappa shape index (κ1) is 13.2. The highest BCUT2D eigenvalue weighted by atomic mass is 16.1. The molecule has 1 N–H and O–H groups in total. The number of hydrogen-bond acceptors (Lipinski definition) is 4. The molecule has 2 heterocycles. The van der Waals surface area contributed by atoms with Crippen molar-refractivity contribution in [2.75, 3.05) is 5.32 Å². The van der Waals surface area contributed by atoms with Crippen molar-refractivity contribution in [3.8, 4) is 0 Å². The number of hydrogen-bond donors (Lipinski definition) is 1. The fourth-order valence-corrected chi connectivity index (χ4v) is 1.62. The lowest BCUT2D eigenvalue weighted by molar-refractivity contribution is -0.115. The van der Waals surface area contributed by atoms with Gasteiger partial charge >= 0.3 is 0 Å². The van der Waals surface area contributed by atoms with Gasteiger partial charge in [-0.25, -0.2) is 0 Å². The summed E-state index contributed by atoms with van der Waals surface area (Å²) in [6.07, 6.45) is 3.47. The number of rotatable bonds is 4. The zero-order valence-corrected chi connectivity index (χ0v) is 11.3. The molecule has 100 valence electrons. The SMILES string of the molecule is Cc1cccnc1CC(=O)Nc1cnn(C(C)C)n1. The van der Waals surface area contributed by atoms with Crippen molar-refractivity contribution in [2.45, 2.75) is 33.2 Å². The highest BCUT2D eigenvalue weighted by Crippen LogP contribution is 2.07. The fourth-order valence-electron chi connectivity index (χ4n) is 1.62. The van der Waals surface area contributed by atoms with Crippen LogP contribution >= 0.6 is 0 Å². The molecule has 0 saturated carbocycles. The van der Waals surface area contributed by atoms with E-state index < -0.39 is 0 Å². The quantitative estimate of drug-likeness (QED) is 0.907. The molecule has 6 heteroatoms. The monoisotopic (exact) mass is 259 g/mol. The van der Waals surface area contributed by atoms with Crippen LogP contribution in [-0.2, 0) is 11.2 Å². The van der Waals surface area contributed by atoms with E-state index in [2.05, 4.69) is 20.5 Å². The number of pyridine rings is 1. The third-order valence-electron chi connectivity index (χ3n) is 2.68. The van der Waals surface area contributed by atoms with Gasteiger partial charge in [-0.2, -0.15) is 9.90 Å². The average Bonchev–Trinajstić information content (AvgIpc) is 2.80. The Kier molecular flexibility index (Phi) is 3.89. The molecule has 2 rings (SSSR count). The van der Waals surface area contributed by atoms with Crippen LogP contribution in [0.4, 0.5) is 5.82 Å². The topological polar surface area (TPSA) is 72.7 Å². The van der Waals surface area contributed by atoms with E-state index in [-0.39, 0.29) is 18.4 Å². The van der Waals surface area contributed by atoms with Crippen LogP contribution in [-0.4, -0.2) is 25.9 Å². The van der Waals surface area contributed by atoms with Crippen LogP contribution in [0.3, 0.4) is 0 Å². The third kappa shape index (κ3) is 3.37. The van der Waals surface area contributed by atoms with Crippen molar-refractivity contribution < 1.29 is 4.79 Å². The predicted molar refractivity (Wildman–Crippen MR) is 71.7 cm³/mol. The maximum atomic E-state index is 11.9. The van der Waals surface area contributed by atoms with E-state index in [0.717, 1.165) is 11.3 Å². The predicted octanol–water partition coefficient (Wildman–Crippen LogP) is 1.74. The number of aryl methyl sites for hydroxylation is 1. The van der Waals surface area contributed by atoms with Crippen LogP contribution in [0.15, 0.2) is 24.5 Å². The highest BCUT2D eigenvalue weighted by molar-refractivity contribution is 5.91. The Hall–Kier alpha value is -2.24. The van der Waals surface area contributed by atoms with Gasteiger partial charge in [0.1, 0.15) is 0 Å². The minimum atomic E-state index is -0.141. The van der Waals surface area contributed by atoms with E-state index in [0.29, 0.717) is 5.82 Å². The summed E-state index contributed by atoms with van der Waals surface area (Å²) in [5, 5.41) is 11.0. The molecule has 0 radical (unpaired) electrons. The van der Waals surface area contributed by atoms with Gasteiger partial charge in [-0.3, -0.25) is 9.78 Å². The van der Waals surface area contributed by atoms with E-state index in [1.54, 1.807) is 17.2 Å². The molecule has 0 fully saturated rings. The summed E-state index contributed by atoms with van der Waals surface area (Å²) in [5.41, 5.74) is 1.78. The Labute approximate surface area is 111 Å². The molecular formula is C13H17N5O. The fraction of sp³-hybridized carbons (Fsp3) is 0.385. The van der Waals surface area contributed by atoms with Gasteiger partial charge in [0.05, 0.1) is 24.4 Å². The first-order valence-electron chi connectivity index (χ1n) is 6.18. The lowest BCUT2D eigenvalue weighted by Crippen LogP contribution is -2.16. The molecule has 0 aliphatic heterocycles. The summed E-state index contributed by atoms with van der Waals surface area (Å²) < 4.78 is 0. The second kappa shape index (κ2) is 5.60. The van der Waals surface area contributed by atoms with E-state index in [1.807, 2.05) is 32.9 Å². The molecule has 0 spiro atoms. The van der Waals surface area contributed by atoms with Gasteiger partial charge in [0.25, 0.3) is 0 Å². The summed E-state index contributed by atoms with van der Waals surface area (Å²) in [6.45, 7) is 5.89. The number of anilines is 1. The maximum absolute atomic E-state index is 11.9. The molecule has 6 nitrogen and oxygen atoms in total. The highest BCUT2D eigenvalue weighted by Gasteiger charge is 2.10. The lowest BCUT2D eigenvalue weighted by atomic mass is 10.1.